The fraction of sp³-hybridized carbons (Fsp3) is 0.667. The molecule has 25 heavy (non-hydrogen) atoms. The number of allylic oxidation sites excluding steroid dienone is 4. The minimum atomic E-state index is -0.553. The number of esters is 1. The molecule has 1 saturated carbocycles. The highest BCUT2D eigenvalue weighted by atomic mass is 16.5. The van der Waals surface area contributed by atoms with Crippen molar-refractivity contribution in [3.63, 3.8) is 0 Å². The van der Waals surface area contributed by atoms with Crippen LogP contribution in [0.2, 0.25) is 0 Å². The summed E-state index contributed by atoms with van der Waals surface area (Å²) in [7, 11) is 0. The minimum absolute atomic E-state index is 0.0166. The Morgan fingerprint density at radius 1 is 1.20 bits per heavy atom. The summed E-state index contributed by atoms with van der Waals surface area (Å²) >= 11 is 0. The summed E-state index contributed by atoms with van der Waals surface area (Å²) in [5, 5.41) is 20.5. The maximum Gasteiger partial charge on any atom is 0.313 e. The number of fused-ring (bicyclic) bond motifs is 2. The molecule has 0 aromatic heterocycles. The number of aliphatic hydroxyl groups is 2. The zero-order chi connectivity index (χ0) is 18.1. The van der Waals surface area contributed by atoms with Gasteiger partial charge in [0.25, 0.3) is 0 Å². The molecule has 2 fully saturated rings. The molecule has 3 rings (SSSR count). The van der Waals surface area contributed by atoms with E-state index >= 15 is 0 Å². The van der Waals surface area contributed by atoms with E-state index in [1.165, 1.54) is 0 Å². The average Bonchev–Trinajstić information content (AvgIpc) is 2.56. The molecule has 1 aliphatic heterocycles. The summed E-state index contributed by atoms with van der Waals surface area (Å²) in [6.07, 6.45) is 10.8. The number of rotatable bonds is 1. The first-order chi connectivity index (χ1) is 11.9. The zero-order valence-electron chi connectivity index (χ0n) is 15.3. The van der Waals surface area contributed by atoms with E-state index in [1.54, 1.807) is 0 Å². The van der Waals surface area contributed by atoms with Crippen molar-refractivity contribution in [2.45, 2.75) is 58.3 Å². The van der Waals surface area contributed by atoms with Gasteiger partial charge in [0.1, 0.15) is 6.10 Å². The molecule has 138 valence electrons. The quantitative estimate of drug-likeness (QED) is 0.566. The normalized spacial score (nSPS) is 49.0. The first kappa shape index (κ1) is 18.4. The third-order valence-electron chi connectivity index (χ3n) is 6.25. The monoisotopic (exact) mass is 346 g/mol. The fourth-order valence-electron chi connectivity index (χ4n) is 4.93. The molecule has 4 heteroatoms. The van der Waals surface area contributed by atoms with Gasteiger partial charge in [-0.25, -0.2) is 0 Å². The van der Waals surface area contributed by atoms with Crippen molar-refractivity contribution in [1.82, 2.24) is 0 Å². The molecule has 0 spiro atoms. The molecule has 0 amide bonds. The topological polar surface area (TPSA) is 66.8 Å². The van der Waals surface area contributed by atoms with Gasteiger partial charge in [0.15, 0.2) is 0 Å². The van der Waals surface area contributed by atoms with Crippen molar-refractivity contribution >= 4 is 5.97 Å². The minimum Gasteiger partial charge on any atom is -0.462 e. The van der Waals surface area contributed by atoms with E-state index in [0.717, 1.165) is 12.0 Å². The van der Waals surface area contributed by atoms with E-state index in [-0.39, 0.29) is 41.7 Å². The number of hydrogen-bond donors (Lipinski definition) is 2. The molecule has 3 aliphatic rings. The van der Waals surface area contributed by atoms with E-state index in [2.05, 4.69) is 26.8 Å². The zero-order valence-corrected chi connectivity index (χ0v) is 15.3. The summed E-state index contributed by atoms with van der Waals surface area (Å²) in [4.78, 5) is 12.5. The Morgan fingerprint density at radius 2 is 1.92 bits per heavy atom. The van der Waals surface area contributed by atoms with E-state index in [1.807, 2.05) is 24.3 Å². The molecule has 0 aromatic carbocycles. The lowest BCUT2D eigenvalue weighted by molar-refractivity contribution is -0.166. The molecule has 8 atom stereocenters. The highest BCUT2D eigenvalue weighted by Gasteiger charge is 2.43. The highest BCUT2D eigenvalue weighted by Crippen LogP contribution is 2.42. The smallest absolute Gasteiger partial charge is 0.313 e. The fourth-order valence-corrected chi connectivity index (χ4v) is 4.93. The SMILES string of the molecule is CC[C@H]1OC(=O)[C@H]2/C=C/C=C\[C@H]3C[C@@H](O)C[C@@H](O)[C@H]3/C=C(\C)C2[C@H]1C. The van der Waals surface area contributed by atoms with Gasteiger partial charge in [-0.05, 0) is 32.1 Å². The summed E-state index contributed by atoms with van der Waals surface area (Å²) in [6.45, 7) is 6.28. The lowest BCUT2D eigenvalue weighted by atomic mass is 9.69. The lowest BCUT2D eigenvalue weighted by Gasteiger charge is -2.41. The molecule has 2 N–H and O–H groups in total. The van der Waals surface area contributed by atoms with Crippen LogP contribution in [0, 0.1) is 29.6 Å². The van der Waals surface area contributed by atoms with Crippen LogP contribution < -0.4 is 0 Å². The van der Waals surface area contributed by atoms with Crippen molar-refractivity contribution < 1.29 is 19.7 Å². The number of carbonyl (C=O) groups excluding carboxylic acids is 1. The van der Waals surface area contributed by atoms with Crippen LogP contribution in [0.1, 0.15) is 40.0 Å². The van der Waals surface area contributed by atoms with Crippen molar-refractivity contribution in [3.05, 3.63) is 36.0 Å². The van der Waals surface area contributed by atoms with Crippen molar-refractivity contribution in [3.8, 4) is 0 Å². The summed E-state index contributed by atoms with van der Waals surface area (Å²) < 4.78 is 5.65. The molecule has 0 radical (unpaired) electrons. The van der Waals surface area contributed by atoms with Crippen LogP contribution in [0.3, 0.4) is 0 Å². The molecule has 1 saturated heterocycles. The van der Waals surface area contributed by atoms with Crippen LogP contribution in [0.4, 0.5) is 0 Å². The van der Waals surface area contributed by atoms with Crippen molar-refractivity contribution in [2.24, 2.45) is 29.6 Å². The lowest BCUT2D eigenvalue weighted by Crippen LogP contribution is -2.44. The van der Waals surface area contributed by atoms with Crippen molar-refractivity contribution in [2.75, 3.05) is 0 Å². The third kappa shape index (κ3) is 3.61. The Kier molecular flexibility index (Phi) is 5.49. The summed E-state index contributed by atoms with van der Waals surface area (Å²) in [5.41, 5.74) is 1.15. The highest BCUT2D eigenvalue weighted by molar-refractivity contribution is 5.76. The summed E-state index contributed by atoms with van der Waals surface area (Å²) in [5.74, 6) is 0.000774. The second-order valence-corrected chi connectivity index (χ2v) is 7.91. The predicted molar refractivity (Wildman–Crippen MR) is 96.6 cm³/mol. The number of hydrogen-bond acceptors (Lipinski definition) is 4. The number of cyclic esters (lactones) is 1. The first-order valence-corrected chi connectivity index (χ1v) is 9.52. The Hall–Kier alpha value is -1.39. The van der Waals surface area contributed by atoms with Gasteiger partial charge >= 0.3 is 5.97 Å². The van der Waals surface area contributed by atoms with Crippen LogP contribution >= 0.6 is 0 Å². The van der Waals surface area contributed by atoms with Crippen LogP contribution in [0.25, 0.3) is 0 Å². The second-order valence-electron chi connectivity index (χ2n) is 7.91. The molecule has 2 aliphatic carbocycles. The van der Waals surface area contributed by atoms with Crippen LogP contribution in [-0.2, 0) is 9.53 Å². The van der Waals surface area contributed by atoms with E-state index < -0.39 is 12.2 Å². The van der Waals surface area contributed by atoms with Gasteiger partial charge in [-0.15, -0.1) is 0 Å². The average molecular weight is 346 g/mol. The Balaban J connectivity index is 2.00. The molecular weight excluding hydrogens is 316 g/mol. The Morgan fingerprint density at radius 3 is 2.64 bits per heavy atom. The predicted octanol–water partition coefficient (Wildman–Crippen LogP) is 3.01. The van der Waals surface area contributed by atoms with Gasteiger partial charge in [0.05, 0.1) is 18.1 Å². The van der Waals surface area contributed by atoms with Crippen LogP contribution in [0.5, 0.6) is 0 Å². The van der Waals surface area contributed by atoms with E-state index in [4.69, 9.17) is 4.74 Å². The first-order valence-electron chi connectivity index (χ1n) is 9.52. The van der Waals surface area contributed by atoms with Gasteiger partial charge in [0.2, 0.25) is 0 Å². The van der Waals surface area contributed by atoms with Gasteiger partial charge in [-0.3, -0.25) is 4.79 Å². The van der Waals surface area contributed by atoms with Gasteiger partial charge in [-0.2, -0.15) is 0 Å². The second kappa shape index (κ2) is 7.46. The summed E-state index contributed by atoms with van der Waals surface area (Å²) in [6, 6.07) is 0. The number of aliphatic hydroxyl groups excluding tert-OH is 2. The Labute approximate surface area is 150 Å². The van der Waals surface area contributed by atoms with Crippen molar-refractivity contribution in [1.29, 1.82) is 0 Å². The Bertz CT molecular complexity index is 591. The third-order valence-corrected chi connectivity index (χ3v) is 6.25. The molecular formula is C21H30O4. The van der Waals surface area contributed by atoms with E-state index in [0.29, 0.717) is 12.8 Å². The molecule has 0 bridgehead atoms. The van der Waals surface area contributed by atoms with Crippen LogP contribution in [-0.4, -0.2) is 34.5 Å². The molecule has 1 heterocycles. The molecule has 0 aromatic rings. The van der Waals surface area contributed by atoms with E-state index in [9.17, 15) is 15.0 Å². The maximum atomic E-state index is 12.5. The van der Waals surface area contributed by atoms with Gasteiger partial charge in [-0.1, -0.05) is 49.8 Å². The molecule has 1 unspecified atom stereocenters. The van der Waals surface area contributed by atoms with Gasteiger partial charge in [0, 0.05) is 17.8 Å². The van der Waals surface area contributed by atoms with Crippen LogP contribution in [0.15, 0.2) is 36.0 Å². The number of ether oxygens (including phenoxy) is 1. The standard InChI is InChI=1S/C21H30O4/c1-4-19-13(3)20-12(2)9-17-14(10-15(22)11-18(17)23)7-5-6-8-16(20)21(24)25-19/h5-9,13-20,22-23H,4,10-11H2,1-3H3/b7-5-,8-6+,12-9+/t13-,14-,15+,16-,17-,18+,19+,20?/m0/s1. The number of carbonyl (C=O) groups is 1. The molecule has 4 nitrogen and oxygen atoms in total. The van der Waals surface area contributed by atoms with Gasteiger partial charge < -0.3 is 14.9 Å². The largest absolute Gasteiger partial charge is 0.462 e. The maximum absolute atomic E-state index is 12.5.